The summed E-state index contributed by atoms with van der Waals surface area (Å²) in [5, 5.41) is 3.49. The van der Waals surface area contributed by atoms with Crippen LogP contribution in [0.5, 0.6) is 0 Å². The number of ether oxygens (including phenoxy) is 2. The third kappa shape index (κ3) is 9.99. The van der Waals surface area contributed by atoms with Crippen molar-refractivity contribution in [2.75, 3.05) is 32.4 Å². The number of likely N-dealkylation sites (tertiary alicyclic amines) is 2. The summed E-state index contributed by atoms with van der Waals surface area (Å²) < 4.78 is 36.5. The van der Waals surface area contributed by atoms with Gasteiger partial charge in [0.25, 0.3) is 10.1 Å². The van der Waals surface area contributed by atoms with Crippen LogP contribution in [-0.2, 0) is 23.8 Å². The van der Waals surface area contributed by atoms with Crippen molar-refractivity contribution in [3.05, 3.63) is 10.4 Å². The molecule has 2 amide bonds. The highest BCUT2D eigenvalue weighted by Gasteiger charge is 2.36. The Morgan fingerprint density at radius 3 is 1.67 bits per heavy atom. The Balaban J connectivity index is 0.000000303. The van der Waals surface area contributed by atoms with Gasteiger partial charge in [-0.2, -0.15) is 8.42 Å². The van der Waals surface area contributed by atoms with Crippen molar-refractivity contribution in [1.82, 2.24) is 9.80 Å². The third-order valence-electron chi connectivity index (χ3n) is 3.54. The van der Waals surface area contributed by atoms with Crippen LogP contribution in [0.25, 0.3) is 10.4 Å². The molecule has 0 spiro atoms. The molecule has 0 bridgehead atoms. The molecule has 2 saturated heterocycles. The first-order valence-electron chi connectivity index (χ1n) is 9.37. The zero-order valence-corrected chi connectivity index (χ0v) is 19.3. The fourth-order valence-electron chi connectivity index (χ4n) is 2.30. The van der Waals surface area contributed by atoms with E-state index < -0.39 is 33.5 Å². The maximum Gasteiger partial charge on any atom is 0.410 e. The van der Waals surface area contributed by atoms with Crippen molar-refractivity contribution in [3.8, 4) is 0 Å². The molecule has 2 rings (SSSR count). The molecule has 0 radical (unpaired) electrons. The number of carbonyl (C=O) groups excluding carboxylic acids is 2. The summed E-state index contributed by atoms with van der Waals surface area (Å²) in [5.41, 5.74) is 7.12. The van der Waals surface area contributed by atoms with Gasteiger partial charge in [0.15, 0.2) is 0 Å². The van der Waals surface area contributed by atoms with Crippen LogP contribution < -0.4 is 0 Å². The van der Waals surface area contributed by atoms with Crippen LogP contribution >= 0.6 is 0 Å². The lowest BCUT2D eigenvalue weighted by Gasteiger charge is -2.38. The number of nitrogens with zero attached hydrogens (tertiary/aromatic N) is 5. The van der Waals surface area contributed by atoms with Crippen LogP contribution in [0.2, 0.25) is 0 Å². The van der Waals surface area contributed by atoms with E-state index in [9.17, 15) is 18.0 Å². The zero-order chi connectivity index (χ0) is 23.3. The van der Waals surface area contributed by atoms with E-state index in [1.807, 2.05) is 20.8 Å². The van der Waals surface area contributed by atoms with Gasteiger partial charge < -0.3 is 19.3 Å². The van der Waals surface area contributed by atoms with Gasteiger partial charge in [0.05, 0.1) is 25.4 Å². The van der Waals surface area contributed by atoms with Gasteiger partial charge in [0, 0.05) is 18.0 Å². The monoisotopic (exact) mass is 449 g/mol. The summed E-state index contributed by atoms with van der Waals surface area (Å²) >= 11 is 0. The summed E-state index contributed by atoms with van der Waals surface area (Å²) in [4.78, 5) is 28.4. The van der Waals surface area contributed by atoms with Crippen LogP contribution in [0, 0.1) is 0 Å². The third-order valence-corrected chi connectivity index (χ3v) is 4.16. The van der Waals surface area contributed by atoms with Crippen LogP contribution in [-0.4, -0.2) is 86.2 Å². The first kappa shape index (κ1) is 25.8. The largest absolute Gasteiger partial charge is 0.444 e. The fraction of sp³-hybridized carbons (Fsp3) is 0.882. The minimum Gasteiger partial charge on any atom is -0.444 e. The molecule has 2 fully saturated rings. The molecule has 0 unspecified atom stereocenters. The lowest BCUT2D eigenvalue weighted by Crippen LogP contribution is -2.56. The van der Waals surface area contributed by atoms with Crippen molar-refractivity contribution < 1.29 is 31.7 Å². The highest BCUT2D eigenvalue weighted by molar-refractivity contribution is 7.86. The average Bonchev–Trinajstić information content (AvgIpc) is 2.41. The first-order chi connectivity index (χ1) is 13.5. The highest BCUT2D eigenvalue weighted by Crippen LogP contribution is 2.18. The van der Waals surface area contributed by atoms with E-state index in [2.05, 4.69) is 10.0 Å². The van der Waals surface area contributed by atoms with Gasteiger partial charge in [-0.25, -0.2) is 9.59 Å². The van der Waals surface area contributed by atoms with Gasteiger partial charge in [-0.15, -0.1) is 0 Å². The molecule has 30 heavy (non-hydrogen) atoms. The maximum absolute atomic E-state index is 11.5. The Bertz CT molecular complexity index is 769. The first-order valence-corrected chi connectivity index (χ1v) is 11.2. The lowest BCUT2D eigenvalue weighted by molar-refractivity contribution is -0.0204. The zero-order valence-electron chi connectivity index (χ0n) is 18.5. The molecule has 0 aromatic heterocycles. The van der Waals surface area contributed by atoms with Crippen molar-refractivity contribution in [3.63, 3.8) is 0 Å². The van der Waals surface area contributed by atoms with E-state index in [4.69, 9.17) is 19.2 Å². The average molecular weight is 450 g/mol. The molecule has 2 aliphatic heterocycles. The maximum atomic E-state index is 11.5. The molecule has 0 atom stereocenters. The summed E-state index contributed by atoms with van der Waals surface area (Å²) in [6.45, 7) is 12.2. The quantitative estimate of drug-likeness (QED) is 0.278. The normalized spacial score (nSPS) is 17.6. The predicted molar refractivity (Wildman–Crippen MR) is 108 cm³/mol. The van der Waals surface area contributed by atoms with Gasteiger partial charge in [-0.3, -0.25) is 4.18 Å². The molecule has 12 nitrogen and oxygen atoms in total. The Kier molecular flexibility index (Phi) is 8.35. The second-order valence-corrected chi connectivity index (χ2v) is 10.7. The van der Waals surface area contributed by atoms with Gasteiger partial charge in [-0.05, 0) is 47.1 Å². The topological polar surface area (TPSA) is 151 Å². The standard InChI is InChI=1S/C9H17NO5S.C8H14N4O2/c1-9(2,3)14-8(11)10-5-7(6-10)15-16(4,12)13;1-8(2,3)14-7(13)12-4-6(5-12)10-11-9/h7H,5-6H2,1-4H3;6H,4-5H2,1-3H3. The number of hydrogen-bond acceptors (Lipinski definition) is 8. The molecule has 2 aliphatic rings. The van der Waals surface area contributed by atoms with Crippen LogP contribution in [0.3, 0.4) is 0 Å². The van der Waals surface area contributed by atoms with Crippen molar-refractivity contribution >= 4 is 22.3 Å². The van der Waals surface area contributed by atoms with Gasteiger partial charge in [0.1, 0.15) is 17.3 Å². The van der Waals surface area contributed by atoms with Crippen LogP contribution in [0.4, 0.5) is 9.59 Å². The smallest absolute Gasteiger partial charge is 0.410 e. The fourth-order valence-corrected chi connectivity index (χ4v) is 2.91. The SMILES string of the molecule is CC(C)(C)OC(=O)N1CC(N=[N+]=[N-])C1.CC(C)(C)OC(=O)N1CC(OS(C)(=O)=O)C1. The minimum absolute atomic E-state index is 0.0903. The molecule has 0 aromatic carbocycles. The van der Waals surface area contributed by atoms with E-state index in [1.54, 1.807) is 20.8 Å². The molecule has 2 heterocycles. The van der Waals surface area contributed by atoms with E-state index in [0.29, 0.717) is 13.1 Å². The Morgan fingerprint density at radius 1 is 0.933 bits per heavy atom. The molecule has 0 aliphatic carbocycles. The van der Waals surface area contributed by atoms with Gasteiger partial charge in [0.2, 0.25) is 0 Å². The molecular weight excluding hydrogens is 418 g/mol. The molecule has 0 N–H and O–H groups in total. The summed E-state index contributed by atoms with van der Waals surface area (Å²) in [6.07, 6.45) is -0.242. The number of rotatable bonds is 3. The summed E-state index contributed by atoms with van der Waals surface area (Å²) in [5.74, 6) is 0. The lowest BCUT2D eigenvalue weighted by atomic mass is 10.1. The second-order valence-electron chi connectivity index (χ2n) is 9.05. The molecule has 0 saturated carbocycles. The number of carbonyl (C=O) groups is 2. The Morgan fingerprint density at radius 2 is 1.33 bits per heavy atom. The van der Waals surface area contributed by atoms with Gasteiger partial charge in [-0.1, -0.05) is 5.11 Å². The van der Waals surface area contributed by atoms with E-state index in [0.717, 1.165) is 6.26 Å². The summed E-state index contributed by atoms with van der Waals surface area (Å²) in [6, 6.07) is -0.0903. The number of azide groups is 1. The van der Waals surface area contributed by atoms with Gasteiger partial charge >= 0.3 is 12.2 Å². The highest BCUT2D eigenvalue weighted by atomic mass is 32.2. The number of hydrogen-bond donors (Lipinski definition) is 0. The van der Waals surface area contributed by atoms with E-state index in [-0.39, 0.29) is 25.2 Å². The Hall–Kier alpha value is -2.24. The summed E-state index contributed by atoms with van der Waals surface area (Å²) in [7, 11) is -3.45. The van der Waals surface area contributed by atoms with E-state index in [1.165, 1.54) is 9.80 Å². The van der Waals surface area contributed by atoms with Crippen LogP contribution in [0.15, 0.2) is 5.11 Å². The van der Waals surface area contributed by atoms with Crippen molar-refractivity contribution in [2.45, 2.75) is 64.9 Å². The minimum atomic E-state index is -3.45. The predicted octanol–water partition coefficient (Wildman–Crippen LogP) is 2.50. The Labute approximate surface area is 177 Å². The van der Waals surface area contributed by atoms with Crippen molar-refractivity contribution in [1.29, 1.82) is 0 Å². The van der Waals surface area contributed by atoms with Crippen molar-refractivity contribution in [2.24, 2.45) is 5.11 Å². The van der Waals surface area contributed by atoms with Crippen LogP contribution in [0.1, 0.15) is 41.5 Å². The molecular formula is C17H31N5O7S. The molecule has 13 heteroatoms. The van der Waals surface area contributed by atoms with E-state index >= 15 is 0 Å². The number of amides is 2. The molecule has 172 valence electrons. The second kappa shape index (κ2) is 9.71. The molecule has 0 aromatic rings.